The molecule has 1 heterocycles. The molecule has 0 aliphatic carbocycles. The van der Waals surface area contributed by atoms with Gasteiger partial charge in [-0.2, -0.15) is 0 Å². The Bertz CT molecular complexity index is 1070. The van der Waals surface area contributed by atoms with E-state index in [0.717, 1.165) is 11.1 Å². The summed E-state index contributed by atoms with van der Waals surface area (Å²) >= 11 is 1.41. The highest BCUT2D eigenvalue weighted by atomic mass is 32.2. The fraction of sp³-hybridized carbons (Fsp3) is 0.391. The van der Waals surface area contributed by atoms with Crippen LogP contribution in [0.5, 0.6) is 0 Å². The summed E-state index contributed by atoms with van der Waals surface area (Å²) in [6.07, 6.45) is 0.472. The first-order valence-electron chi connectivity index (χ1n) is 10.6. The fourth-order valence-electron chi connectivity index (χ4n) is 3.41. The SMILES string of the molecule is CC(C)NS(=O)(=O)Cc1ccc(CNC(=O)[C@H]2CS[C@H](Cc3ccc(F)cc3)C(=O)N2)cc1. The van der Waals surface area contributed by atoms with E-state index in [1.165, 1.54) is 23.9 Å². The number of benzene rings is 2. The molecule has 1 aliphatic heterocycles. The zero-order chi connectivity index (χ0) is 24.0. The van der Waals surface area contributed by atoms with Gasteiger partial charge in [0.25, 0.3) is 0 Å². The summed E-state index contributed by atoms with van der Waals surface area (Å²) in [5.41, 5.74) is 2.34. The molecule has 10 heteroatoms. The largest absolute Gasteiger partial charge is 0.350 e. The fourth-order valence-corrected chi connectivity index (χ4v) is 6.03. The van der Waals surface area contributed by atoms with Crippen LogP contribution >= 0.6 is 11.8 Å². The number of carbonyl (C=O) groups excluding carboxylic acids is 2. The van der Waals surface area contributed by atoms with Crippen molar-refractivity contribution in [3.05, 3.63) is 71.0 Å². The molecule has 2 atom stereocenters. The van der Waals surface area contributed by atoms with Gasteiger partial charge in [0.15, 0.2) is 0 Å². The third-order valence-electron chi connectivity index (χ3n) is 4.99. The van der Waals surface area contributed by atoms with E-state index in [9.17, 15) is 22.4 Å². The van der Waals surface area contributed by atoms with Crippen molar-refractivity contribution in [3.8, 4) is 0 Å². The maximum Gasteiger partial charge on any atom is 0.243 e. The Morgan fingerprint density at radius 1 is 1.09 bits per heavy atom. The Morgan fingerprint density at radius 2 is 1.70 bits per heavy atom. The quantitative estimate of drug-likeness (QED) is 0.496. The van der Waals surface area contributed by atoms with Crippen molar-refractivity contribution in [3.63, 3.8) is 0 Å². The van der Waals surface area contributed by atoms with Crippen LogP contribution in [0.4, 0.5) is 4.39 Å². The number of hydrogen-bond donors (Lipinski definition) is 3. The Hall–Kier alpha value is -2.43. The van der Waals surface area contributed by atoms with E-state index in [2.05, 4.69) is 15.4 Å². The number of thioether (sulfide) groups is 1. The van der Waals surface area contributed by atoms with Crippen molar-refractivity contribution in [2.45, 2.75) is 49.9 Å². The van der Waals surface area contributed by atoms with Gasteiger partial charge >= 0.3 is 0 Å². The number of nitrogens with one attached hydrogen (secondary N) is 3. The smallest absolute Gasteiger partial charge is 0.243 e. The molecular formula is C23H28FN3O4S2. The van der Waals surface area contributed by atoms with Crippen LogP contribution in [-0.2, 0) is 38.3 Å². The zero-order valence-corrected chi connectivity index (χ0v) is 20.1. The lowest BCUT2D eigenvalue weighted by Gasteiger charge is -2.28. The number of sulfonamides is 1. The average Bonchev–Trinajstić information content (AvgIpc) is 2.74. The van der Waals surface area contributed by atoms with Crippen molar-refractivity contribution < 1.29 is 22.4 Å². The van der Waals surface area contributed by atoms with Crippen molar-refractivity contribution in [1.82, 2.24) is 15.4 Å². The summed E-state index contributed by atoms with van der Waals surface area (Å²) in [5.74, 6) is -0.468. The Balaban J connectivity index is 1.46. The summed E-state index contributed by atoms with van der Waals surface area (Å²) in [7, 11) is -3.40. The Kier molecular flexibility index (Phi) is 8.50. The summed E-state index contributed by atoms with van der Waals surface area (Å²) in [6, 6.07) is 12.2. The van der Waals surface area contributed by atoms with Crippen molar-refractivity contribution in [1.29, 1.82) is 0 Å². The summed E-state index contributed by atoms with van der Waals surface area (Å²) in [5, 5.41) is 5.25. The molecule has 1 fully saturated rings. The minimum Gasteiger partial charge on any atom is -0.350 e. The van der Waals surface area contributed by atoms with Gasteiger partial charge in [-0.3, -0.25) is 9.59 Å². The standard InChI is InChI=1S/C23H28FN3O4S2/c1-15(2)27-33(30,31)14-18-5-3-17(4-6-18)12-25-22(28)20-13-32-21(23(29)26-20)11-16-7-9-19(24)10-8-16/h3-10,15,20-21,27H,11-14H2,1-2H3,(H,25,28)(H,26,29)/t20-,21-/m1/s1. The lowest BCUT2D eigenvalue weighted by molar-refractivity contribution is -0.128. The minimum atomic E-state index is -3.40. The minimum absolute atomic E-state index is 0.109. The molecule has 1 aliphatic rings. The topological polar surface area (TPSA) is 104 Å². The maximum absolute atomic E-state index is 13.0. The number of carbonyl (C=O) groups is 2. The van der Waals surface area contributed by atoms with Crippen LogP contribution in [0.15, 0.2) is 48.5 Å². The second-order valence-corrected chi connectivity index (χ2v) is 11.3. The molecule has 0 radical (unpaired) electrons. The highest BCUT2D eigenvalue weighted by Crippen LogP contribution is 2.22. The first-order chi connectivity index (χ1) is 15.6. The highest BCUT2D eigenvalue weighted by Gasteiger charge is 2.32. The van der Waals surface area contributed by atoms with Crippen LogP contribution in [0.25, 0.3) is 0 Å². The van der Waals surface area contributed by atoms with Crippen molar-refractivity contribution in [2.75, 3.05) is 5.75 Å². The van der Waals surface area contributed by atoms with Gasteiger partial charge in [0, 0.05) is 18.3 Å². The van der Waals surface area contributed by atoms with Crippen LogP contribution in [0.2, 0.25) is 0 Å². The molecule has 33 heavy (non-hydrogen) atoms. The lowest BCUT2D eigenvalue weighted by Crippen LogP contribution is -2.54. The van der Waals surface area contributed by atoms with E-state index in [0.29, 0.717) is 17.7 Å². The second kappa shape index (κ2) is 11.1. The van der Waals surface area contributed by atoms with E-state index in [-0.39, 0.29) is 41.2 Å². The molecule has 0 bridgehead atoms. The number of rotatable bonds is 9. The van der Waals surface area contributed by atoms with Crippen LogP contribution in [0.1, 0.15) is 30.5 Å². The molecule has 0 aromatic heterocycles. The number of halogens is 1. The van der Waals surface area contributed by atoms with Crippen LogP contribution in [0.3, 0.4) is 0 Å². The van der Waals surface area contributed by atoms with Crippen molar-refractivity contribution >= 4 is 33.6 Å². The monoisotopic (exact) mass is 493 g/mol. The van der Waals surface area contributed by atoms with Crippen LogP contribution in [0, 0.1) is 5.82 Å². The average molecular weight is 494 g/mol. The van der Waals surface area contributed by atoms with Gasteiger partial charge in [-0.25, -0.2) is 17.5 Å². The van der Waals surface area contributed by atoms with E-state index in [1.807, 2.05) is 0 Å². The molecule has 2 aromatic carbocycles. The van der Waals surface area contributed by atoms with Crippen LogP contribution in [-0.4, -0.2) is 43.3 Å². The van der Waals surface area contributed by atoms with E-state index >= 15 is 0 Å². The van der Waals surface area contributed by atoms with Gasteiger partial charge < -0.3 is 10.6 Å². The molecule has 2 amide bonds. The molecule has 1 saturated heterocycles. The molecule has 0 saturated carbocycles. The second-order valence-electron chi connectivity index (χ2n) is 8.28. The Morgan fingerprint density at radius 3 is 2.30 bits per heavy atom. The Labute approximate surface area is 198 Å². The lowest BCUT2D eigenvalue weighted by atomic mass is 10.1. The first-order valence-corrected chi connectivity index (χ1v) is 13.3. The number of amides is 2. The molecule has 178 valence electrons. The third-order valence-corrected chi connectivity index (χ3v) is 7.84. The van der Waals surface area contributed by atoms with Gasteiger partial charge in [0.05, 0.1) is 11.0 Å². The highest BCUT2D eigenvalue weighted by molar-refractivity contribution is 8.00. The van der Waals surface area contributed by atoms with Gasteiger partial charge in [0.1, 0.15) is 11.9 Å². The third kappa shape index (κ3) is 7.83. The van der Waals surface area contributed by atoms with Gasteiger partial charge in [-0.1, -0.05) is 36.4 Å². The van der Waals surface area contributed by atoms with Crippen LogP contribution < -0.4 is 15.4 Å². The summed E-state index contributed by atoms with van der Waals surface area (Å²) in [6.45, 7) is 3.80. The van der Waals surface area contributed by atoms with Gasteiger partial charge in [-0.15, -0.1) is 11.8 Å². The maximum atomic E-state index is 13.0. The number of hydrogen-bond acceptors (Lipinski definition) is 5. The molecule has 0 spiro atoms. The zero-order valence-electron chi connectivity index (χ0n) is 18.5. The summed E-state index contributed by atoms with van der Waals surface area (Å²) in [4.78, 5) is 24.9. The molecule has 0 unspecified atom stereocenters. The summed E-state index contributed by atoms with van der Waals surface area (Å²) < 4.78 is 39.7. The predicted octanol–water partition coefficient (Wildman–Crippen LogP) is 2.11. The molecule has 3 N–H and O–H groups in total. The van der Waals surface area contributed by atoms with Gasteiger partial charge in [0.2, 0.25) is 21.8 Å². The van der Waals surface area contributed by atoms with Gasteiger partial charge in [-0.05, 0) is 49.1 Å². The molecular weight excluding hydrogens is 465 g/mol. The van der Waals surface area contributed by atoms with E-state index in [4.69, 9.17) is 0 Å². The molecule has 7 nitrogen and oxygen atoms in total. The first kappa shape index (κ1) is 25.2. The normalized spacial score (nSPS) is 18.7. The predicted molar refractivity (Wildman–Crippen MR) is 127 cm³/mol. The molecule has 3 rings (SSSR count). The molecule has 2 aromatic rings. The van der Waals surface area contributed by atoms with E-state index in [1.54, 1.807) is 50.2 Å². The van der Waals surface area contributed by atoms with Crippen molar-refractivity contribution in [2.24, 2.45) is 0 Å². The van der Waals surface area contributed by atoms with E-state index < -0.39 is 16.1 Å².